The van der Waals surface area contributed by atoms with Crippen LogP contribution in [0.5, 0.6) is 0 Å². The van der Waals surface area contributed by atoms with Gasteiger partial charge in [0.15, 0.2) is 0 Å². The zero-order valence-corrected chi connectivity index (χ0v) is 12.5. The maximum atomic E-state index is 4.47. The molecule has 3 unspecified atom stereocenters. The van der Waals surface area contributed by atoms with Crippen LogP contribution in [-0.4, -0.2) is 30.5 Å². The lowest BCUT2D eigenvalue weighted by atomic mass is 10.6. The van der Waals surface area contributed by atoms with E-state index in [4.69, 9.17) is 0 Å². The van der Waals surface area contributed by atoms with E-state index in [1.54, 1.807) is 0 Å². The molecule has 3 atom stereocenters. The number of hydrogen-bond acceptors (Lipinski definition) is 6. The Bertz CT molecular complexity index is 163. The largest absolute Gasteiger partial charge is 0.178 e. The summed E-state index contributed by atoms with van der Waals surface area (Å²) in [4.78, 5) is 0. The van der Waals surface area contributed by atoms with Crippen molar-refractivity contribution in [1.29, 1.82) is 0 Å². The lowest BCUT2D eigenvalue weighted by molar-refractivity contribution is 1.16. The number of thioether (sulfide) groups is 3. The van der Waals surface area contributed by atoms with E-state index in [1.165, 1.54) is 0 Å². The molecular formula is C7H14S6. The highest BCUT2D eigenvalue weighted by Crippen LogP contribution is 2.55. The van der Waals surface area contributed by atoms with Gasteiger partial charge in [-0.05, 0) is 6.92 Å². The Kier molecular flexibility index (Phi) is 6.07. The van der Waals surface area contributed by atoms with E-state index in [2.05, 4.69) is 44.8 Å². The highest BCUT2D eigenvalue weighted by atomic mass is 32.3. The summed E-state index contributed by atoms with van der Waals surface area (Å²) in [5.74, 6) is 3.07. The van der Waals surface area contributed by atoms with E-state index in [-0.39, 0.29) is 3.41 Å². The van der Waals surface area contributed by atoms with Crippen LogP contribution in [0, 0.1) is 0 Å². The highest BCUT2D eigenvalue weighted by Gasteiger charge is 2.35. The predicted molar refractivity (Wildman–Crippen MR) is 80.3 cm³/mol. The zero-order valence-electron chi connectivity index (χ0n) is 7.34. The minimum Gasteiger partial charge on any atom is -0.178 e. The summed E-state index contributed by atoms with van der Waals surface area (Å²) < 4.78 is 0.785. The van der Waals surface area contributed by atoms with Crippen molar-refractivity contribution in [2.24, 2.45) is 0 Å². The maximum absolute atomic E-state index is 4.47. The molecule has 78 valence electrons. The number of thiol groups is 3. The Morgan fingerprint density at radius 1 is 1.69 bits per heavy atom. The van der Waals surface area contributed by atoms with Crippen LogP contribution in [-0.2, 0) is 0 Å². The third-order valence-electron chi connectivity index (χ3n) is 1.59. The molecule has 1 saturated heterocycles. The summed E-state index contributed by atoms with van der Waals surface area (Å²) in [5.41, 5.74) is 0. The van der Waals surface area contributed by atoms with Crippen molar-refractivity contribution < 1.29 is 0 Å². The molecule has 0 aromatic heterocycles. The van der Waals surface area contributed by atoms with Crippen molar-refractivity contribution >= 4 is 73.2 Å². The fourth-order valence-corrected chi connectivity index (χ4v) is 7.15. The monoisotopic (exact) mass is 290 g/mol. The van der Waals surface area contributed by atoms with Crippen LogP contribution in [0.1, 0.15) is 6.92 Å². The van der Waals surface area contributed by atoms with Gasteiger partial charge in [-0.15, -0.1) is 35.3 Å². The number of rotatable bonds is 4. The van der Waals surface area contributed by atoms with Gasteiger partial charge in [0, 0.05) is 22.5 Å². The van der Waals surface area contributed by atoms with Crippen molar-refractivity contribution in [2.45, 2.75) is 20.2 Å². The van der Waals surface area contributed by atoms with Gasteiger partial charge in [-0.3, -0.25) is 0 Å². The molecule has 1 aliphatic heterocycles. The molecule has 1 heterocycles. The zero-order chi connectivity index (χ0) is 9.90. The minimum absolute atomic E-state index is 0.288. The first kappa shape index (κ1) is 13.2. The smallest absolute Gasteiger partial charge is 0.105 e. The van der Waals surface area contributed by atoms with Crippen LogP contribution >= 0.6 is 73.2 Å². The first-order valence-corrected chi connectivity index (χ1v) is 8.50. The minimum atomic E-state index is 0.288. The molecule has 0 spiro atoms. The van der Waals surface area contributed by atoms with Crippen LogP contribution in [0.25, 0.3) is 0 Å². The Hall–Kier alpha value is 2.10. The maximum Gasteiger partial charge on any atom is 0.105 e. The van der Waals surface area contributed by atoms with Crippen LogP contribution in [0.15, 0.2) is 0 Å². The molecular weight excluding hydrogens is 276 g/mol. The normalized spacial score (nSPS) is 36.5. The summed E-state index contributed by atoms with van der Waals surface area (Å²) in [5, 5.41) is 0.408. The molecule has 6 heteroatoms. The molecule has 0 aliphatic carbocycles. The van der Waals surface area contributed by atoms with Gasteiger partial charge in [0.05, 0.1) is 4.58 Å². The average Bonchev–Trinajstić information content (AvgIpc) is 2.43. The van der Waals surface area contributed by atoms with E-state index in [9.17, 15) is 0 Å². The van der Waals surface area contributed by atoms with E-state index in [0.717, 1.165) is 17.3 Å². The lowest BCUT2D eigenvalue weighted by Crippen LogP contribution is -2.12. The Balaban J connectivity index is 2.27. The average molecular weight is 291 g/mol. The molecule has 0 saturated carbocycles. The lowest BCUT2D eigenvalue weighted by Gasteiger charge is -2.22. The van der Waals surface area contributed by atoms with Crippen molar-refractivity contribution in [3.63, 3.8) is 0 Å². The van der Waals surface area contributed by atoms with Gasteiger partial charge in [-0.2, -0.15) is 37.9 Å². The van der Waals surface area contributed by atoms with Crippen molar-refractivity contribution in [2.75, 3.05) is 17.3 Å². The van der Waals surface area contributed by atoms with Crippen LogP contribution < -0.4 is 0 Å². The molecule has 1 rings (SSSR count). The second kappa shape index (κ2) is 5.99. The first-order valence-electron chi connectivity index (χ1n) is 3.98. The Morgan fingerprint density at radius 2 is 2.38 bits per heavy atom. The molecule has 1 fully saturated rings. The molecule has 0 radical (unpaired) electrons. The molecule has 1 aliphatic rings. The SMILES string of the molecule is CC1(SCC(S)CS)SCC(S)S1. The molecule has 0 bridgehead atoms. The fourth-order valence-electron chi connectivity index (χ4n) is 0.914. The standard InChI is InChI=1S/C7H14S6/c1-7(11-3-5(9)2-8)12-4-6(10)13-7/h5-6,8-10H,2-4H2,1H3. The summed E-state index contributed by atoms with van der Waals surface area (Å²) >= 11 is 19.0. The number of hydrogen-bond donors (Lipinski definition) is 3. The Morgan fingerprint density at radius 3 is 2.85 bits per heavy atom. The quantitative estimate of drug-likeness (QED) is 0.680. The molecule has 0 N–H and O–H groups in total. The molecule has 0 amide bonds. The van der Waals surface area contributed by atoms with Gasteiger partial charge < -0.3 is 0 Å². The van der Waals surface area contributed by atoms with Gasteiger partial charge >= 0.3 is 0 Å². The highest BCUT2D eigenvalue weighted by molar-refractivity contribution is 8.38. The molecule has 13 heavy (non-hydrogen) atoms. The summed E-state index contributed by atoms with van der Waals surface area (Å²) in [6.07, 6.45) is 0. The topological polar surface area (TPSA) is 0 Å². The van der Waals surface area contributed by atoms with Crippen LogP contribution in [0.3, 0.4) is 0 Å². The van der Waals surface area contributed by atoms with E-state index in [0.29, 0.717) is 9.83 Å². The first-order chi connectivity index (χ1) is 6.06. The van der Waals surface area contributed by atoms with Crippen molar-refractivity contribution in [3.8, 4) is 0 Å². The second-order valence-corrected chi connectivity index (χ2v) is 10.2. The predicted octanol–water partition coefficient (Wildman–Crippen LogP) is 3.36. The van der Waals surface area contributed by atoms with Crippen LogP contribution in [0.2, 0.25) is 0 Å². The molecule has 0 nitrogen and oxygen atoms in total. The van der Waals surface area contributed by atoms with E-state index < -0.39 is 0 Å². The van der Waals surface area contributed by atoms with Gasteiger partial charge in [0.1, 0.15) is 3.41 Å². The van der Waals surface area contributed by atoms with Gasteiger partial charge in [0.2, 0.25) is 0 Å². The summed E-state index contributed by atoms with van der Waals surface area (Å²) in [6.45, 7) is 2.28. The van der Waals surface area contributed by atoms with Crippen molar-refractivity contribution in [3.05, 3.63) is 0 Å². The van der Waals surface area contributed by atoms with Crippen LogP contribution in [0.4, 0.5) is 0 Å². The fraction of sp³-hybridized carbons (Fsp3) is 1.00. The van der Waals surface area contributed by atoms with Gasteiger partial charge in [0.25, 0.3) is 0 Å². The third-order valence-corrected chi connectivity index (χ3v) is 8.86. The molecule has 0 aromatic carbocycles. The third kappa shape index (κ3) is 4.64. The van der Waals surface area contributed by atoms with Crippen molar-refractivity contribution in [1.82, 2.24) is 0 Å². The van der Waals surface area contributed by atoms with Gasteiger partial charge in [-0.25, -0.2) is 0 Å². The molecule has 0 aromatic rings. The Labute approximate surface area is 110 Å². The summed E-state index contributed by atoms with van der Waals surface area (Å²) in [7, 11) is 0. The second-order valence-electron chi connectivity index (χ2n) is 2.89. The summed E-state index contributed by atoms with van der Waals surface area (Å²) in [6, 6.07) is 0. The van der Waals surface area contributed by atoms with Gasteiger partial charge in [-0.1, -0.05) is 0 Å². The van der Waals surface area contributed by atoms with E-state index >= 15 is 0 Å². The van der Waals surface area contributed by atoms with E-state index in [1.807, 2.05) is 35.3 Å².